The monoisotopic (exact) mass is 399 g/mol. The Bertz CT molecular complexity index is 985. The molecule has 1 amide bonds. The predicted molar refractivity (Wildman–Crippen MR) is 117 cm³/mol. The molecular weight excluding hydrogens is 370 g/mol. The molecule has 0 atom stereocenters. The van der Waals surface area contributed by atoms with Crippen molar-refractivity contribution < 1.29 is 9.21 Å². The molecule has 0 fully saturated rings. The molecule has 0 spiro atoms. The van der Waals surface area contributed by atoms with E-state index in [2.05, 4.69) is 44.7 Å². The average Bonchev–Trinajstić information content (AvgIpc) is 3.21. The number of amides is 1. The number of likely N-dealkylation sites (N-methyl/N-ethyl adjacent to an activating group) is 1. The van der Waals surface area contributed by atoms with Crippen molar-refractivity contribution >= 4 is 32.6 Å². The smallest absolute Gasteiger partial charge is 0.263 e. The number of aryl methyl sites for hydroxylation is 4. The third-order valence-electron chi connectivity index (χ3n) is 5.09. The van der Waals surface area contributed by atoms with Crippen molar-refractivity contribution in [2.75, 3.05) is 31.1 Å². The average molecular weight is 400 g/mol. The van der Waals surface area contributed by atoms with Gasteiger partial charge in [0.15, 0.2) is 5.13 Å². The van der Waals surface area contributed by atoms with Gasteiger partial charge in [-0.3, -0.25) is 9.69 Å². The highest BCUT2D eigenvalue weighted by Gasteiger charge is 2.25. The maximum atomic E-state index is 13.4. The topological polar surface area (TPSA) is 49.6 Å². The Morgan fingerprint density at radius 1 is 1.07 bits per heavy atom. The van der Waals surface area contributed by atoms with Crippen LogP contribution < -0.4 is 4.90 Å². The molecule has 3 aromatic rings. The standard InChI is InChI=1S/C22H29N3O2S/c1-7-24(8-2)9-10-25(21(26)18-13-16(5)27-17(18)6)22-23-19-12-14(3)11-15(4)20(19)28-22/h11-13H,7-10H2,1-6H3. The zero-order chi connectivity index (χ0) is 20.4. The summed E-state index contributed by atoms with van der Waals surface area (Å²) in [7, 11) is 0. The number of carbonyl (C=O) groups excluding carboxylic acids is 1. The zero-order valence-corrected chi connectivity index (χ0v) is 18.4. The number of hydrogen-bond acceptors (Lipinski definition) is 5. The van der Waals surface area contributed by atoms with Crippen LogP contribution in [0.25, 0.3) is 10.2 Å². The van der Waals surface area contributed by atoms with E-state index in [1.165, 1.54) is 11.1 Å². The number of hydrogen-bond donors (Lipinski definition) is 0. The molecule has 0 N–H and O–H groups in total. The summed E-state index contributed by atoms with van der Waals surface area (Å²) in [6, 6.07) is 6.07. The normalized spacial score (nSPS) is 11.5. The van der Waals surface area contributed by atoms with E-state index in [9.17, 15) is 4.79 Å². The third-order valence-corrected chi connectivity index (χ3v) is 6.32. The molecule has 28 heavy (non-hydrogen) atoms. The molecule has 150 valence electrons. The molecule has 0 aliphatic carbocycles. The molecule has 0 unspecified atom stereocenters. The highest BCUT2D eigenvalue weighted by Crippen LogP contribution is 2.33. The van der Waals surface area contributed by atoms with Crippen molar-refractivity contribution in [2.45, 2.75) is 41.5 Å². The fraction of sp³-hybridized carbons (Fsp3) is 0.455. The lowest BCUT2D eigenvalue weighted by atomic mass is 10.1. The van der Waals surface area contributed by atoms with Crippen LogP contribution in [0.15, 0.2) is 22.6 Å². The highest BCUT2D eigenvalue weighted by molar-refractivity contribution is 7.22. The van der Waals surface area contributed by atoms with Crippen molar-refractivity contribution in [2.24, 2.45) is 0 Å². The second-order valence-corrected chi connectivity index (χ2v) is 8.21. The SMILES string of the molecule is CCN(CC)CCN(C(=O)c1cc(C)oc1C)c1nc2cc(C)cc(C)c2s1. The Balaban J connectivity index is 2.01. The van der Waals surface area contributed by atoms with Crippen LogP contribution >= 0.6 is 11.3 Å². The first kappa shape index (κ1) is 20.6. The van der Waals surface area contributed by atoms with Crippen molar-refractivity contribution in [1.29, 1.82) is 0 Å². The highest BCUT2D eigenvalue weighted by atomic mass is 32.1. The Morgan fingerprint density at radius 3 is 2.39 bits per heavy atom. The van der Waals surface area contributed by atoms with Gasteiger partial charge in [-0.15, -0.1) is 0 Å². The van der Waals surface area contributed by atoms with E-state index >= 15 is 0 Å². The molecule has 0 bridgehead atoms. The van der Waals surface area contributed by atoms with E-state index in [0.29, 0.717) is 17.9 Å². The van der Waals surface area contributed by atoms with Gasteiger partial charge in [0.05, 0.1) is 15.8 Å². The summed E-state index contributed by atoms with van der Waals surface area (Å²) in [5.41, 5.74) is 3.96. The minimum absolute atomic E-state index is 0.0464. The van der Waals surface area contributed by atoms with Gasteiger partial charge in [0.1, 0.15) is 11.5 Å². The second-order valence-electron chi connectivity index (χ2n) is 7.24. The van der Waals surface area contributed by atoms with Crippen molar-refractivity contribution in [3.05, 3.63) is 46.4 Å². The molecule has 0 aliphatic heterocycles. The second kappa shape index (κ2) is 8.45. The molecule has 0 saturated carbocycles. The van der Waals surface area contributed by atoms with Crippen LogP contribution in [-0.4, -0.2) is 42.0 Å². The summed E-state index contributed by atoms with van der Waals surface area (Å²) in [6.07, 6.45) is 0. The van der Waals surface area contributed by atoms with E-state index in [1.807, 2.05) is 24.8 Å². The van der Waals surface area contributed by atoms with Crippen LogP contribution in [0.5, 0.6) is 0 Å². The molecule has 6 heteroatoms. The maximum Gasteiger partial charge on any atom is 0.263 e. The maximum absolute atomic E-state index is 13.4. The Morgan fingerprint density at radius 2 is 1.79 bits per heavy atom. The van der Waals surface area contributed by atoms with Crippen molar-refractivity contribution in [3.8, 4) is 0 Å². The number of aromatic nitrogens is 1. The number of nitrogens with zero attached hydrogens (tertiary/aromatic N) is 3. The van der Waals surface area contributed by atoms with Gasteiger partial charge in [-0.25, -0.2) is 4.98 Å². The first-order chi connectivity index (χ1) is 13.3. The molecule has 2 heterocycles. The van der Waals surface area contributed by atoms with E-state index in [-0.39, 0.29) is 5.91 Å². The lowest BCUT2D eigenvalue weighted by molar-refractivity contribution is 0.0982. The summed E-state index contributed by atoms with van der Waals surface area (Å²) in [6.45, 7) is 15.5. The van der Waals surface area contributed by atoms with Gasteiger partial charge in [-0.05, 0) is 64.0 Å². The van der Waals surface area contributed by atoms with Gasteiger partial charge in [0, 0.05) is 13.1 Å². The fourth-order valence-corrected chi connectivity index (χ4v) is 4.57. The van der Waals surface area contributed by atoms with Gasteiger partial charge in [0.25, 0.3) is 5.91 Å². The van der Waals surface area contributed by atoms with Gasteiger partial charge in [-0.1, -0.05) is 31.3 Å². The summed E-state index contributed by atoms with van der Waals surface area (Å²) < 4.78 is 6.75. The molecule has 0 saturated heterocycles. The largest absolute Gasteiger partial charge is 0.466 e. The van der Waals surface area contributed by atoms with Gasteiger partial charge < -0.3 is 9.32 Å². The first-order valence-corrected chi connectivity index (χ1v) is 10.6. The van der Waals surface area contributed by atoms with E-state index < -0.39 is 0 Å². The molecular formula is C22H29N3O2S. The Hall–Kier alpha value is -2.18. The van der Waals surface area contributed by atoms with Crippen LogP contribution in [-0.2, 0) is 0 Å². The number of furan rings is 1. The summed E-state index contributed by atoms with van der Waals surface area (Å²) in [5.74, 6) is 1.36. The number of benzene rings is 1. The van der Waals surface area contributed by atoms with Crippen LogP contribution in [0.4, 0.5) is 5.13 Å². The number of rotatable bonds is 7. The van der Waals surface area contributed by atoms with E-state index in [0.717, 1.165) is 40.7 Å². The van der Waals surface area contributed by atoms with Crippen molar-refractivity contribution in [3.63, 3.8) is 0 Å². The fourth-order valence-electron chi connectivity index (χ4n) is 3.53. The van der Waals surface area contributed by atoms with Crippen LogP contribution in [0.2, 0.25) is 0 Å². The Labute approximate surface area is 171 Å². The molecule has 2 aromatic heterocycles. The number of carbonyl (C=O) groups is 1. The van der Waals surface area contributed by atoms with Crippen LogP contribution in [0.1, 0.15) is 46.9 Å². The molecule has 0 radical (unpaired) electrons. The van der Waals surface area contributed by atoms with Crippen molar-refractivity contribution in [1.82, 2.24) is 9.88 Å². The summed E-state index contributed by atoms with van der Waals surface area (Å²) in [4.78, 5) is 22.4. The number of fused-ring (bicyclic) bond motifs is 1. The summed E-state index contributed by atoms with van der Waals surface area (Å²) in [5, 5.41) is 0.749. The van der Waals surface area contributed by atoms with Gasteiger partial charge in [-0.2, -0.15) is 0 Å². The molecule has 0 aliphatic rings. The summed E-state index contributed by atoms with van der Waals surface area (Å²) >= 11 is 1.59. The molecule has 3 rings (SSSR count). The Kier molecular flexibility index (Phi) is 6.20. The first-order valence-electron chi connectivity index (χ1n) is 9.83. The lowest BCUT2D eigenvalue weighted by Crippen LogP contribution is -2.39. The quantitative estimate of drug-likeness (QED) is 0.554. The minimum atomic E-state index is -0.0464. The molecule has 5 nitrogen and oxygen atoms in total. The number of thiazole rings is 1. The minimum Gasteiger partial charge on any atom is -0.466 e. The predicted octanol–water partition coefficient (Wildman–Crippen LogP) is 5.11. The van der Waals surface area contributed by atoms with E-state index in [4.69, 9.17) is 9.40 Å². The molecule has 1 aromatic carbocycles. The zero-order valence-electron chi connectivity index (χ0n) is 17.6. The third kappa shape index (κ3) is 4.13. The van der Waals surface area contributed by atoms with Gasteiger partial charge in [0.2, 0.25) is 0 Å². The van der Waals surface area contributed by atoms with Crippen LogP contribution in [0.3, 0.4) is 0 Å². The van der Waals surface area contributed by atoms with Crippen LogP contribution in [0, 0.1) is 27.7 Å². The number of anilines is 1. The van der Waals surface area contributed by atoms with Gasteiger partial charge >= 0.3 is 0 Å². The van der Waals surface area contributed by atoms with E-state index in [1.54, 1.807) is 11.3 Å². The lowest BCUT2D eigenvalue weighted by Gasteiger charge is -2.24.